The third-order valence-corrected chi connectivity index (χ3v) is 1.64. The van der Waals surface area contributed by atoms with E-state index in [2.05, 4.69) is 0 Å². The Bertz CT molecular complexity index is 416. The van der Waals surface area contributed by atoms with Gasteiger partial charge >= 0.3 is 11.4 Å². The van der Waals surface area contributed by atoms with Gasteiger partial charge in [-0.25, -0.2) is 0 Å². The molecule has 0 atom stereocenters. The zero-order valence-electron chi connectivity index (χ0n) is 7.26. The number of hydrogen-bond donors (Lipinski definition) is 1. The van der Waals surface area contributed by atoms with E-state index in [1.807, 2.05) is 0 Å². The highest BCUT2D eigenvalue weighted by atomic mass is 16.6. The van der Waals surface area contributed by atoms with Crippen molar-refractivity contribution in [3.05, 3.63) is 37.9 Å². The maximum absolute atomic E-state index is 10.5. The molecule has 0 aliphatic carbocycles. The van der Waals surface area contributed by atoms with E-state index < -0.39 is 21.2 Å². The van der Waals surface area contributed by atoms with Crippen LogP contribution in [0.4, 0.5) is 17.1 Å². The van der Waals surface area contributed by atoms with Crippen LogP contribution < -0.4 is 5.73 Å². The fourth-order valence-corrected chi connectivity index (χ4v) is 1.13. The molecule has 74 valence electrons. The SMILES string of the molecule is Cc1cc(N)c([N+](=O)[O-])c([N+](=O)[O-])c1. The Morgan fingerprint density at radius 2 is 1.79 bits per heavy atom. The number of nitrogen functional groups attached to an aromatic ring is 1. The Labute approximate surface area is 78.4 Å². The molecule has 0 amide bonds. The summed E-state index contributed by atoms with van der Waals surface area (Å²) in [6.45, 7) is 1.58. The van der Waals surface area contributed by atoms with Crippen LogP contribution in [0.5, 0.6) is 0 Å². The molecule has 0 aromatic heterocycles. The second-order valence-electron chi connectivity index (χ2n) is 2.74. The lowest BCUT2D eigenvalue weighted by atomic mass is 10.1. The summed E-state index contributed by atoms with van der Waals surface area (Å²) >= 11 is 0. The number of anilines is 1. The van der Waals surface area contributed by atoms with Crippen molar-refractivity contribution in [1.82, 2.24) is 0 Å². The lowest BCUT2D eigenvalue weighted by Gasteiger charge is -1.99. The first kappa shape index (κ1) is 9.90. The van der Waals surface area contributed by atoms with Crippen LogP contribution in [-0.2, 0) is 0 Å². The van der Waals surface area contributed by atoms with Gasteiger partial charge in [0.25, 0.3) is 0 Å². The Morgan fingerprint density at radius 3 is 2.21 bits per heavy atom. The molecule has 0 saturated carbocycles. The fraction of sp³-hybridized carbons (Fsp3) is 0.143. The highest BCUT2D eigenvalue weighted by Crippen LogP contribution is 2.33. The molecule has 0 bridgehead atoms. The van der Waals surface area contributed by atoms with Gasteiger partial charge in [-0.2, -0.15) is 0 Å². The third-order valence-electron chi connectivity index (χ3n) is 1.64. The van der Waals surface area contributed by atoms with Crippen LogP contribution in [0, 0.1) is 27.2 Å². The lowest BCUT2D eigenvalue weighted by molar-refractivity contribution is -0.421. The maximum atomic E-state index is 10.5. The number of hydrogen-bond acceptors (Lipinski definition) is 5. The summed E-state index contributed by atoms with van der Waals surface area (Å²) < 4.78 is 0. The Hall–Kier alpha value is -2.18. The van der Waals surface area contributed by atoms with Crippen LogP contribution in [0.15, 0.2) is 12.1 Å². The Kier molecular flexibility index (Phi) is 2.32. The summed E-state index contributed by atoms with van der Waals surface area (Å²) in [5, 5.41) is 21.0. The van der Waals surface area contributed by atoms with E-state index in [-0.39, 0.29) is 5.69 Å². The first-order valence-corrected chi connectivity index (χ1v) is 3.62. The highest BCUT2D eigenvalue weighted by Gasteiger charge is 2.27. The van der Waals surface area contributed by atoms with E-state index in [0.29, 0.717) is 5.56 Å². The zero-order chi connectivity index (χ0) is 10.9. The molecule has 1 aromatic rings. The van der Waals surface area contributed by atoms with E-state index in [1.54, 1.807) is 6.92 Å². The van der Waals surface area contributed by atoms with Crippen molar-refractivity contribution in [2.45, 2.75) is 6.92 Å². The Balaban J connectivity index is 3.52. The molecule has 0 saturated heterocycles. The molecular formula is C7H7N3O4. The van der Waals surface area contributed by atoms with E-state index in [1.165, 1.54) is 6.07 Å². The van der Waals surface area contributed by atoms with Gasteiger partial charge in [0.05, 0.1) is 9.85 Å². The normalized spacial score (nSPS) is 9.79. The van der Waals surface area contributed by atoms with E-state index in [0.717, 1.165) is 6.07 Å². The van der Waals surface area contributed by atoms with Crippen molar-refractivity contribution in [2.24, 2.45) is 0 Å². The van der Waals surface area contributed by atoms with Gasteiger partial charge in [0.1, 0.15) is 5.69 Å². The van der Waals surface area contributed by atoms with Gasteiger partial charge in [-0.1, -0.05) is 0 Å². The number of aryl methyl sites for hydroxylation is 1. The number of nitrogens with zero attached hydrogens (tertiary/aromatic N) is 2. The van der Waals surface area contributed by atoms with Crippen LogP contribution in [0.25, 0.3) is 0 Å². The molecule has 0 fully saturated rings. The van der Waals surface area contributed by atoms with Gasteiger partial charge in [-0.05, 0) is 18.6 Å². The molecule has 0 heterocycles. The minimum atomic E-state index is -0.854. The second-order valence-corrected chi connectivity index (χ2v) is 2.74. The van der Waals surface area contributed by atoms with Gasteiger partial charge in [-0.15, -0.1) is 0 Å². The van der Waals surface area contributed by atoms with Crippen molar-refractivity contribution in [3.63, 3.8) is 0 Å². The topological polar surface area (TPSA) is 112 Å². The summed E-state index contributed by atoms with van der Waals surface area (Å²) in [7, 11) is 0. The first-order valence-electron chi connectivity index (χ1n) is 3.62. The monoisotopic (exact) mass is 197 g/mol. The smallest absolute Gasteiger partial charge is 0.368 e. The Morgan fingerprint density at radius 1 is 1.21 bits per heavy atom. The molecule has 0 unspecified atom stereocenters. The minimum Gasteiger partial charge on any atom is -0.393 e. The fourth-order valence-electron chi connectivity index (χ4n) is 1.13. The molecule has 14 heavy (non-hydrogen) atoms. The van der Waals surface area contributed by atoms with Crippen molar-refractivity contribution in [2.75, 3.05) is 5.73 Å². The molecule has 0 aliphatic rings. The van der Waals surface area contributed by atoms with Crippen molar-refractivity contribution >= 4 is 17.1 Å². The van der Waals surface area contributed by atoms with Crippen LogP contribution in [-0.4, -0.2) is 9.85 Å². The highest BCUT2D eigenvalue weighted by molar-refractivity contribution is 5.70. The molecule has 0 radical (unpaired) electrons. The van der Waals surface area contributed by atoms with Crippen LogP contribution in [0.2, 0.25) is 0 Å². The molecule has 1 rings (SSSR count). The first-order chi connectivity index (χ1) is 6.43. The van der Waals surface area contributed by atoms with Crippen molar-refractivity contribution < 1.29 is 9.85 Å². The van der Waals surface area contributed by atoms with E-state index in [9.17, 15) is 20.2 Å². The number of rotatable bonds is 2. The lowest BCUT2D eigenvalue weighted by Crippen LogP contribution is -2.01. The molecule has 7 nitrogen and oxygen atoms in total. The van der Waals surface area contributed by atoms with Crippen LogP contribution >= 0.6 is 0 Å². The summed E-state index contributed by atoms with van der Waals surface area (Å²) in [6, 6.07) is 2.44. The molecule has 1 aromatic carbocycles. The van der Waals surface area contributed by atoms with Crippen LogP contribution in [0.3, 0.4) is 0 Å². The van der Waals surface area contributed by atoms with Gasteiger partial charge in [0.15, 0.2) is 0 Å². The van der Waals surface area contributed by atoms with Gasteiger partial charge < -0.3 is 5.73 Å². The molecule has 0 spiro atoms. The van der Waals surface area contributed by atoms with Crippen LogP contribution in [0.1, 0.15) is 5.56 Å². The van der Waals surface area contributed by atoms with Gasteiger partial charge in [0.2, 0.25) is 0 Å². The van der Waals surface area contributed by atoms with Crippen molar-refractivity contribution in [3.8, 4) is 0 Å². The molecule has 7 heteroatoms. The average molecular weight is 197 g/mol. The molecule has 0 aliphatic heterocycles. The minimum absolute atomic E-state index is 0.193. The predicted molar refractivity (Wildman–Crippen MR) is 48.9 cm³/mol. The van der Waals surface area contributed by atoms with Gasteiger partial charge in [0, 0.05) is 6.07 Å². The summed E-state index contributed by atoms with van der Waals surface area (Å²) in [5.41, 5.74) is 4.41. The number of nitro groups is 2. The quantitative estimate of drug-likeness (QED) is 0.437. The maximum Gasteiger partial charge on any atom is 0.368 e. The predicted octanol–water partition coefficient (Wildman–Crippen LogP) is 1.39. The molecular weight excluding hydrogens is 190 g/mol. The number of nitro benzene ring substituents is 2. The summed E-state index contributed by atoms with van der Waals surface area (Å²) in [6.07, 6.45) is 0. The van der Waals surface area contributed by atoms with Gasteiger partial charge in [-0.3, -0.25) is 20.2 Å². The third kappa shape index (κ3) is 1.60. The second kappa shape index (κ2) is 3.29. The summed E-state index contributed by atoms with van der Waals surface area (Å²) in [4.78, 5) is 19.3. The average Bonchev–Trinajstić information content (AvgIpc) is 2.01. The summed E-state index contributed by atoms with van der Waals surface area (Å²) in [5.74, 6) is 0. The number of benzene rings is 1. The molecule has 2 N–H and O–H groups in total. The van der Waals surface area contributed by atoms with E-state index in [4.69, 9.17) is 5.73 Å². The zero-order valence-corrected chi connectivity index (χ0v) is 7.26. The largest absolute Gasteiger partial charge is 0.393 e. The standard InChI is InChI=1S/C7H7N3O4/c1-4-2-5(8)7(10(13)14)6(3-4)9(11)12/h2-3H,8H2,1H3. The van der Waals surface area contributed by atoms with E-state index >= 15 is 0 Å². The number of nitrogens with two attached hydrogens (primary N) is 1. The van der Waals surface area contributed by atoms with Crippen molar-refractivity contribution in [1.29, 1.82) is 0 Å².